The van der Waals surface area contributed by atoms with Crippen molar-refractivity contribution in [1.29, 1.82) is 0 Å². The van der Waals surface area contributed by atoms with Crippen molar-refractivity contribution in [3.8, 4) is 0 Å². The van der Waals surface area contributed by atoms with E-state index in [1.165, 1.54) is 5.06 Å². The molecule has 1 fully saturated rings. The molecule has 1 heterocycles. The molecule has 17 heavy (non-hydrogen) atoms. The first kappa shape index (κ1) is 12.0. The van der Waals surface area contributed by atoms with Crippen molar-refractivity contribution < 1.29 is 9.63 Å². The summed E-state index contributed by atoms with van der Waals surface area (Å²) in [5.41, 5.74) is 0.712. The standard InChI is InChI=1S/C12H13ClN2O2/c1-2-9-17-15-8-7-14(12(15)16)11-6-4-3-5-10(11)13/h2-6H,1,7-9H2. The largest absolute Gasteiger partial charge is 0.348 e. The summed E-state index contributed by atoms with van der Waals surface area (Å²) in [6.07, 6.45) is 1.60. The fraction of sp³-hybridized carbons (Fsp3) is 0.250. The number of halogens is 1. The fourth-order valence-corrected chi connectivity index (χ4v) is 1.91. The summed E-state index contributed by atoms with van der Waals surface area (Å²) in [5, 5.41) is 1.89. The maximum Gasteiger partial charge on any atom is 0.348 e. The number of hydrogen-bond donors (Lipinski definition) is 0. The number of carbonyl (C=O) groups excluding carboxylic acids is 1. The van der Waals surface area contributed by atoms with Crippen molar-refractivity contribution in [2.24, 2.45) is 0 Å². The van der Waals surface area contributed by atoms with E-state index in [-0.39, 0.29) is 6.03 Å². The third-order valence-electron chi connectivity index (χ3n) is 2.46. The first-order valence-electron chi connectivity index (χ1n) is 5.31. The predicted octanol–water partition coefficient (Wildman–Crippen LogP) is 2.70. The number of hydroxylamine groups is 2. The first-order chi connectivity index (χ1) is 8.24. The number of benzene rings is 1. The fourth-order valence-electron chi connectivity index (χ4n) is 1.67. The third kappa shape index (κ3) is 2.43. The van der Waals surface area contributed by atoms with Crippen molar-refractivity contribution in [3.05, 3.63) is 41.9 Å². The second-order valence-corrected chi connectivity index (χ2v) is 3.98. The van der Waals surface area contributed by atoms with E-state index in [0.717, 1.165) is 0 Å². The van der Waals surface area contributed by atoms with Gasteiger partial charge in [-0.25, -0.2) is 9.86 Å². The van der Waals surface area contributed by atoms with Crippen LogP contribution in [0, 0.1) is 0 Å². The van der Waals surface area contributed by atoms with E-state index in [9.17, 15) is 4.79 Å². The lowest BCUT2D eigenvalue weighted by atomic mass is 10.3. The van der Waals surface area contributed by atoms with Crippen LogP contribution in [-0.4, -0.2) is 30.8 Å². The Kier molecular flexibility index (Phi) is 3.66. The molecule has 1 aromatic rings. The van der Waals surface area contributed by atoms with E-state index in [1.54, 1.807) is 17.0 Å². The number of para-hydroxylation sites is 1. The van der Waals surface area contributed by atoms with Gasteiger partial charge >= 0.3 is 6.03 Å². The normalized spacial score (nSPS) is 15.5. The van der Waals surface area contributed by atoms with Crippen LogP contribution in [0.2, 0.25) is 5.02 Å². The quantitative estimate of drug-likeness (QED) is 0.772. The summed E-state index contributed by atoms with van der Waals surface area (Å²) in [6, 6.07) is 7.06. The number of amides is 2. The molecule has 2 amide bonds. The number of hydrogen-bond acceptors (Lipinski definition) is 2. The lowest BCUT2D eigenvalue weighted by Gasteiger charge is -2.18. The first-order valence-corrected chi connectivity index (χ1v) is 5.69. The lowest BCUT2D eigenvalue weighted by molar-refractivity contribution is -0.0896. The van der Waals surface area contributed by atoms with Crippen LogP contribution in [0.5, 0.6) is 0 Å². The smallest absolute Gasteiger partial charge is 0.289 e. The Morgan fingerprint density at radius 3 is 2.88 bits per heavy atom. The van der Waals surface area contributed by atoms with E-state index in [0.29, 0.717) is 30.4 Å². The molecule has 0 unspecified atom stereocenters. The van der Waals surface area contributed by atoms with Crippen LogP contribution in [0.15, 0.2) is 36.9 Å². The molecule has 0 N–H and O–H groups in total. The molecule has 1 saturated heterocycles. The van der Waals surface area contributed by atoms with Gasteiger partial charge in [0.25, 0.3) is 0 Å². The van der Waals surface area contributed by atoms with Gasteiger partial charge in [0.1, 0.15) is 0 Å². The van der Waals surface area contributed by atoms with E-state index in [2.05, 4.69) is 6.58 Å². The molecule has 4 nitrogen and oxygen atoms in total. The highest BCUT2D eigenvalue weighted by molar-refractivity contribution is 6.33. The van der Waals surface area contributed by atoms with Crippen LogP contribution in [0.1, 0.15) is 0 Å². The molecule has 0 aliphatic carbocycles. The molecule has 0 atom stereocenters. The summed E-state index contributed by atoms with van der Waals surface area (Å²) in [7, 11) is 0. The summed E-state index contributed by atoms with van der Waals surface area (Å²) in [4.78, 5) is 18.8. The second-order valence-electron chi connectivity index (χ2n) is 3.57. The Hall–Kier alpha value is -1.52. The van der Waals surface area contributed by atoms with Gasteiger partial charge in [-0.2, -0.15) is 0 Å². The summed E-state index contributed by atoms with van der Waals surface area (Å²) in [5.74, 6) is 0. The topological polar surface area (TPSA) is 32.8 Å². The maximum absolute atomic E-state index is 12.0. The summed E-state index contributed by atoms with van der Waals surface area (Å²) >= 11 is 6.05. The average molecular weight is 253 g/mol. The maximum atomic E-state index is 12.0. The zero-order valence-electron chi connectivity index (χ0n) is 9.30. The lowest BCUT2D eigenvalue weighted by Crippen LogP contribution is -2.32. The summed E-state index contributed by atoms with van der Waals surface area (Å²) in [6.45, 7) is 4.96. The van der Waals surface area contributed by atoms with Gasteiger partial charge in [0.2, 0.25) is 0 Å². The van der Waals surface area contributed by atoms with E-state index >= 15 is 0 Å². The molecule has 0 saturated carbocycles. The van der Waals surface area contributed by atoms with Gasteiger partial charge in [-0.15, -0.1) is 6.58 Å². The second kappa shape index (κ2) is 5.21. The highest BCUT2D eigenvalue weighted by Crippen LogP contribution is 2.28. The molecule has 5 heteroatoms. The van der Waals surface area contributed by atoms with Crippen LogP contribution in [0.3, 0.4) is 0 Å². The molecule has 1 aromatic carbocycles. The minimum absolute atomic E-state index is 0.194. The van der Waals surface area contributed by atoms with Crippen molar-refractivity contribution in [1.82, 2.24) is 5.06 Å². The number of nitrogens with zero attached hydrogens (tertiary/aromatic N) is 2. The Morgan fingerprint density at radius 1 is 1.41 bits per heavy atom. The molecule has 0 radical (unpaired) electrons. The van der Waals surface area contributed by atoms with Gasteiger partial charge in [0, 0.05) is 6.54 Å². The minimum Gasteiger partial charge on any atom is -0.289 e. The van der Waals surface area contributed by atoms with Gasteiger partial charge in [0.05, 0.1) is 23.9 Å². The molecule has 0 aromatic heterocycles. The van der Waals surface area contributed by atoms with Crippen LogP contribution in [-0.2, 0) is 4.84 Å². The molecule has 0 bridgehead atoms. The molecular formula is C12H13ClN2O2. The van der Waals surface area contributed by atoms with Crippen LogP contribution < -0.4 is 4.90 Å². The average Bonchev–Trinajstić information content (AvgIpc) is 2.69. The van der Waals surface area contributed by atoms with Gasteiger partial charge in [0.15, 0.2) is 0 Å². The van der Waals surface area contributed by atoms with Gasteiger partial charge in [-0.05, 0) is 12.1 Å². The molecule has 1 aliphatic heterocycles. The van der Waals surface area contributed by atoms with E-state index in [4.69, 9.17) is 16.4 Å². The van der Waals surface area contributed by atoms with Crippen LogP contribution in [0.4, 0.5) is 10.5 Å². The van der Waals surface area contributed by atoms with E-state index < -0.39 is 0 Å². The van der Waals surface area contributed by atoms with Crippen LogP contribution >= 0.6 is 11.6 Å². The van der Waals surface area contributed by atoms with Gasteiger partial charge in [-0.1, -0.05) is 29.8 Å². The Labute approximate surface area is 105 Å². The van der Waals surface area contributed by atoms with Gasteiger partial charge < -0.3 is 0 Å². The monoisotopic (exact) mass is 252 g/mol. The van der Waals surface area contributed by atoms with Gasteiger partial charge in [-0.3, -0.25) is 9.74 Å². The minimum atomic E-state index is -0.194. The molecular weight excluding hydrogens is 240 g/mol. The zero-order chi connectivity index (χ0) is 12.3. The highest BCUT2D eigenvalue weighted by Gasteiger charge is 2.31. The molecule has 2 rings (SSSR count). The van der Waals surface area contributed by atoms with Crippen molar-refractivity contribution in [2.75, 3.05) is 24.6 Å². The Balaban J connectivity index is 2.12. The molecule has 90 valence electrons. The number of urea groups is 1. The highest BCUT2D eigenvalue weighted by atomic mass is 35.5. The Bertz CT molecular complexity index is 436. The predicted molar refractivity (Wildman–Crippen MR) is 67.0 cm³/mol. The Morgan fingerprint density at radius 2 is 2.18 bits per heavy atom. The van der Waals surface area contributed by atoms with Crippen LogP contribution in [0.25, 0.3) is 0 Å². The SMILES string of the molecule is C=CCON1CCN(c2ccccc2Cl)C1=O. The number of carbonyl (C=O) groups is 1. The molecule has 1 aliphatic rings. The van der Waals surface area contributed by atoms with Crippen molar-refractivity contribution >= 4 is 23.3 Å². The number of rotatable bonds is 4. The zero-order valence-corrected chi connectivity index (χ0v) is 10.1. The third-order valence-corrected chi connectivity index (χ3v) is 2.78. The van der Waals surface area contributed by atoms with Crippen molar-refractivity contribution in [3.63, 3.8) is 0 Å². The summed E-state index contributed by atoms with van der Waals surface area (Å²) < 4.78 is 0. The number of anilines is 1. The molecule has 0 spiro atoms. The van der Waals surface area contributed by atoms with E-state index in [1.807, 2.05) is 18.2 Å². The van der Waals surface area contributed by atoms with Crippen molar-refractivity contribution in [2.45, 2.75) is 0 Å².